The summed E-state index contributed by atoms with van der Waals surface area (Å²) >= 11 is 0. The van der Waals surface area contributed by atoms with Gasteiger partial charge in [-0.2, -0.15) is 0 Å². The van der Waals surface area contributed by atoms with E-state index in [9.17, 15) is 34.8 Å². The number of phenolic OH excluding ortho intramolecular Hbond substituents is 2. The molecule has 122 valence electrons. The van der Waals surface area contributed by atoms with Crippen LogP contribution in [0.3, 0.4) is 0 Å². The molecule has 1 aliphatic carbocycles. The lowest BCUT2D eigenvalue weighted by Crippen LogP contribution is -2.47. The number of carbonyl (C=O) groups is 3. The van der Waals surface area contributed by atoms with Crippen LogP contribution in [0.5, 0.6) is 11.5 Å². The van der Waals surface area contributed by atoms with E-state index in [4.69, 9.17) is 0 Å². The van der Waals surface area contributed by atoms with Gasteiger partial charge in [-0.3, -0.25) is 14.4 Å². The highest BCUT2D eigenvalue weighted by Crippen LogP contribution is 2.41. The van der Waals surface area contributed by atoms with Crippen LogP contribution in [0.25, 0.3) is 0 Å². The summed E-state index contributed by atoms with van der Waals surface area (Å²) in [7, 11) is 0. The van der Waals surface area contributed by atoms with Crippen LogP contribution in [-0.2, 0) is 9.59 Å². The van der Waals surface area contributed by atoms with E-state index in [-0.39, 0.29) is 29.7 Å². The zero-order valence-corrected chi connectivity index (χ0v) is 12.1. The molecule has 0 fully saturated rings. The van der Waals surface area contributed by atoms with Crippen molar-refractivity contribution in [1.29, 1.82) is 0 Å². The van der Waals surface area contributed by atoms with Gasteiger partial charge >= 0.3 is 5.97 Å². The zero-order chi connectivity index (χ0) is 17.2. The quantitative estimate of drug-likeness (QED) is 0.362. The van der Waals surface area contributed by atoms with E-state index in [1.807, 2.05) is 0 Å². The van der Waals surface area contributed by atoms with Gasteiger partial charge in [0.15, 0.2) is 5.78 Å². The molecular weight excluding hydrogens is 304 g/mol. The van der Waals surface area contributed by atoms with E-state index in [1.54, 1.807) is 0 Å². The summed E-state index contributed by atoms with van der Waals surface area (Å²) in [5, 5.41) is 38.9. The topological polar surface area (TPSA) is 132 Å². The molecule has 2 rings (SSSR count). The molecule has 1 aromatic rings. The molecule has 1 aromatic carbocycles. The Kier molecular flexibility index (Phi) is 4.51. The Morgan fingerprint density at radius 2 is 2.00 bits per heavy atom. The predicted molar refractivity (Wildman–Crippen MR) is 78.2 cm³/mol. The fraction of sp³-hybridized carbons (Fsp3) is 0.312. The third kappa shape index (κ3) is 2.95. The summed E-state index contributed by atoms with van der Waals surface area (Å²) < 4.78 is 0. The van der Waals surface area contributed by atoms with Gasteiger partial charge in [-0.15, -0.1) is 0 Å². The van der Waals surface area contributed by atoms with Crippen LogP contribution in [0.15, 0.2) is 29.8 Å². The second-order valence-corrected chi connectivity index (χ2v) is 5.53. The van der Waals surface area contributed by atoms with Crippen LogP contribution in [0.2, 0.25) is 0 Å². The number of hydrogen-bond donors (Lipinski definition) is 4. The number of aliphatic carboxylic acids is 1. The molecule has 4 N–H and O–H groups in total. The number of phenols is 2. The van der Waals surface area contributed by atoms with E-state index in [0.29, 0.717) is 6.29 Å². The molecule has 0 spiro atoms. The molecule has 2 atom stereocenters. The van der Waals surface area contributed by atoms with E-state index < -0.39 is 35.4 Å². The Hall–Kier alpha value is -2.67. The molecule has 0 saturated heterocycles. The van der Waals surface area contributed by atoms with E-state index in [0.717, 1.165) is 12.1 Å². The Balaban J connectivity index is 2.39. The first-order valence-electron chi connectivity index (χ1n) is 6.93. The van der Waals surface area contributed by atoms with Crippen molar-refractivity contribution in [2.45, 2.75) is 25.4 Å². The second-order valence-electron chi connectivity index (χ2n) is 5.53. The van der Waals surface area contributed by atoms with Crippen LogP contribution in [0.1, 0.15) is 29.6 Å². The number of Topliss-reactive ketones (excluding diaryl/α,β-unsaturated/α-hetero) is 1. The highest BCUT2D eigenvalue weighted by molar-refractivity contribution is 6.01. The van der Waals surface area contributed by atoms with Crippen LogP contribution in [-0.4, -0.2) is 44.6 Å². The summed E-state index contributed by atoms with van der Waals surface area (Å²) in [6.07, 6.45) is -0.198. The van der Waals surface area contributed by atoms with Gasteiger partial charge in [0, 0.05) is 12.0 Å². The van der Waals surface area contributed by atoms with Gasteiger partial charge < -0.3 is 20.4 Å². The van der Waals surface area contributed by atoms with Crippen LogP contribution in [0, 0.1) is 5.41 Å². The maximum atomic E-state index is 12.4. The fourth-order valence-electron chi connectivity index (χ4n) is 2.79. The number of aliphatic hydroxyl groups is 1. The summed E-state index contributed by atoms with van der Waals surface area (Å²) in [6.45, 7) is 0. The Bertz CT molecular complexity index is 692. The Morgan fingerprint density at radius 1 is 1.30 bits per heavy atom. The Labute approximate surface area is 131 Å². The number of carboxylic acid groups (broad SMARTS) is 1. The number of hydrogen-bond acceptors (Lipinski definition) is 6. The number of aldehydes is 1. The Morgan fingerprint density at radius 3 is 2.61 bits per heavy atom. The van der Waals surface area contributed by atoms with Crippen LogP contribution < -0.4 is 0 Å². The smallest absolute Gasteiger partial charge is 0.313 e. The molecule has 0 amide bonds. The maximum Gasteiger partial charge on any atom is 0.313 e. The van der Waals surface area contributed by atoms with Crippen LogP contribution >= 0.6 is 0 Å². The number of aromatic hydroxyl groups is 2. The third-order valence-corrected chi connectivity index (χ3v) is 4.13. The lowest BCUT2D eigenvalue weighted by atomic mass is 9.68. The molecule has 7 nitrogen and oxygen atoms in total. The monoisotopic (exact) mass is 320 g/mol. The maximum absolute atomic E-state index is 12.4. The average molecular weight is 320 g/mol. The summed E-state index contributed by atoms with van der Waals surface area (Å²) in [6, 6.07) is 3.32. The van der Waals surface area contributed by atoms with Gasteiger partial charge in [-0.1, -0.05) is 6.08 Å². The lowest BCUT2D eigenvalue weighted by molar-refractivity contribution is -0.156. The average Bonchev–Trinajstić information content (AvgIpc) is 2.51. The summed E-state index contributed by atoms with van der Waals surface area (Å²) in [4.78, 5) is 35.0. The largest absolute Gasteiger partial charge is 0.508 e. The van der Waals surface area contributed by atoms with Crippen molar-refractivity contribution in [3.8, 4) is 11.5 Å². The van der Waals surface area contributed by atoms with Crippen molar-refractivity contribution in [3.63, 3.8) is 0 Å². The molecular formula is C16H16O7. The van der Waals surface area contributed by atoms with Gasteiger partial charge in [0.25, 0.3) is 0 Å². The highest BCUT2D eigenvalue weighted by atomic mass is 16.4. The van der Waals surface area contributed by atoms with Crippen molar-refractivity contribution in [2.75, 3.05) is 0 Å². The van der Waals surface area contributed by atoms with Gasteiger partial charge in [-0.05, 0) is 31.0 Å². The number of ketones is 1. The first-order valence-corrected chi connectivity index (χ1v) is 6.93. The minimum atomic E-state index is -1.85. The van der Waals surface area contributed by atoms with Crippen molar-refractivity contribution in [3.05, 3.63) is 35.4 Å². The molecule has 0 aromatic heterocycles. The minimum absolute atomic E-state index is 0.0217. The molecule has 1 aliphatic rings. The zero-order valence-electron chi connectivity index (χ0n) is 12.1. The minimum Gasteiger partial charge on any atom is -0.508 e. The highest BCUT2D eigenvalue weighted by Gasteiger charge is 2.49. The van der Waals surface area contributed by atoms with Gasteiger partial charge in [-0.25, -0.2) is 0 Å². The van der Waals surface area contributed by atoms with Crippen molar-refractivity contribution in [1.82, 2.24) is 0 Å². The SMILES string of the molecule is O=CC1=CCC[C@@](CC(=O)c2cc(O)ccc2O)(C(=O)O)[C@H]1O. The normalized spacial score (nSPS) is 23.9. The summed E-state index contributed by atoms with van der Waals surface area (Å²) in [5.41, 5.74) is -2.16. The number of carbonyl (C=O) groups excluding carboxylic acids is 2. The van der Waals surface area contributed by atoms with Crippen molar-refractivity contribution >= 4 is 18.0 Å². The van der Waals surface area contributed by atoms with Gasteiger partial charge in [0.1, 0.15) is 23.2 Å². The van der Waals surface area contributed by atoms with Crippen molar-refractivity contribution in [2.24, 2.45) is 5.41 Å². The molecule has 23 heavy (non-hydrogen) atoms. The standard InChI is InChI=1S/C16H16O7/c17-8-9-2-1-5-16(14(9)21,15(22)23)7-13(20)11-6-10(18)3-4-12(11)19/h2-4,6,8,14,18-19,21H,1,5,7H2,(H,22,23)/t14-,16-/m0/s1. The first kappa shape index (κ1) is 16.7. The number of carboxylic acids is 1. The van der Waals surface area contributed by atoms with Gasteiger partial charge in [0.2, 0.25) is 0 Å². The third-order valence-electron chi connectivity index (χ3n) is 4.13. The number of aliphatic hydroxyl groups excluding tert-OH is 1. The van der Waals surface area contributed by atoms with E-state index in [2.05, 4.69) is 0 Å². The van der Waals surface area contributed by atoms with Crippen LogP contribution in [0.4, 0.5) is 0 Å². The predicted octanol–water partition coefficient (Wildman–Crippen LogP) is 1.02. The summed E-state index contributed by atoms with van der Waals surface area (Å²) in [5.74, 6) is -2.80. The molecule has 0 radical (unpaired) electrons. The van der Waals surface area contributed by atoms with Crippen molar-refractivity contribution < 1.29 is 34.8 Å². The number of allylic oxidation sites excluding steroid dienone is 1. The molecule has 0 heterocycles. The fourth-order valence-corrected chi connectivity index (χ4v) is 2.79. The molecule has 0 bridgehead atoms. The first-order chi connectivity index (χ1) is 10.8. The van der Waals surface area contributed by atoms with E-state index >= 15 is 0 Å². The lowest BCUT2D eigenvalue weighted by Gasteiger charge is -2.36. The number of benzene rings is 1. The molecule has 0 saturated carbocycles. The number of rotatable bonds is 5. The second kappa shape index (κ2) is 6.21. The molecule has 7 heteroatoms. The molecule has 0 unspecified atom stereocenters. The van der Waals surface area contributed by atoms with Gasteiger partial charge in [0.05, 0.1) is 11.7 Å². The van der Waals surface area contributed by atoms with E-state index in [1.165, 1.54) is 12.1 Å². The molecule has 0 aliphatic heterocycles.